The largest absolute Gasteiger partial charge is 0.341 e. The maximum atomic E-state index is 13.0. The molecule has 29 heavy (non-hydrogen) atoms. The first-order valence-electron chi connectivity index (χ1n) is 8.89. The van der Waals surface area contributed by atoms with E-state index in [0.29, 0.717) is 24.2 Å². The van der Waals surface area contributed by atoms with Gasteiger partial charge in [-0.25, -0.2) is 12.8 Å². The molecule has 0 bridgehead atoms. The summed E-state index contributed by atoms with van der Waals surface area (Å²) in [5.74, 6) is -0.687. The molecule has 1 amide bonds. The molecule has 3 aromatic rings. The minimum atomic E-state index is -3.84. The topological polar surface area (TPSA) is 79.4 Å². The molecule has 0 saturated carbocycles. The summed E-state index contributed by atoms with van der Waals surface area (Å²) in [5.41, 5.74) is 1.65. The van der Waals surface area contributed by atoms with Crippen molar-refractivity contribution in [3.8, 4) is 0 Å². The first-order valence-corrected chi connectivity index (χ1v) is 10.4. The summed E-state index contributed by atoms with van der Waals surface area (Å²) < 4.78 is 40.1. The highest BCUT2D eigenvalue weighted by Gasteiger charge is 2.16. The van der Waals surface area contributed by atoms with Crippen LogP contribution in [0.25, 0.3) is 0 Å². The van der Waals surface area contributed by atoms with Gasteiger partial charge >= 0.3 is 0 Å². The highest BCUT2D eigenvalue weighted by Crippen LogP contribution is 2.17. The number of likely N-dealkylation sites (N-methyl/N-ethyl adjacent to an activating group) is 1. The Morgan fingerprint density at radius 3 is 2.34 bits per heavy atom. The van der Waals surface area contributed by atoms with Gasteiger partial charge in [0.25, 0.3) is 15.9 Å². The zero-order valence-corrected chi connectivity index (χ0v) is 16.6. The van der Waals surface area contributed by atoms with Crippen LogP contribution in [0.15, 0.2) is 77.8 Å². The molecule has 0 saturated heterocycles. The molecule has 0 aliphatic heterocycles. The summed E-state index contributed by atoms with van der Waals surface area (Å²) in [7, 11) is -2.13. The Bertz CT molecular complexity index is 1070. The Morgan fingerprint density at radius 1 is 1.03 bits per heavy atom. The van der Waals surface area contributed by atoms with Crippen LogP contribution in [0.2, 0.25) is 0 Å². The van der Waals surface area contributed by atoms with Crippen LogP contribution in [0.3, 0.4) is 0 Å². The molecule has 150 valence electrons. The molecule has 1 aromatic heterocycles. The number of hydrogen-bond donors (Lipinski definition) is 1. The molecule has 2 aromatic carbocycles. The Labute approximate surface area is 169 Å². The van der Waals surface area contributed by atoms with Gasteiger partial charge in [-0.15, -0.1) is 0 Å². The third-order valence-electron chi connectivity index (χ3n) is 4.28. The van der Waals surface area contributed by atoms with Gasteiger partial charge in [-0.05, 0) is 60.7 Å². The summed E-state index contributed by atoms with van der Waals surface area (Å²) in [5, 5.41) is 0. The Balaban J connectivity index is 1.63. The van der Waals surface area contributed by atoms with Crippen LogP contribution in [-0.2, 0) is 16.4 Å². The van der Waals surface area contributed by atoms with E-state index in [0.717, 1.165) is 17.8 Å². The SMILES string of the molecule is CN(CCc1ccccn1)C(=O)c1ccc(NS(=O)(=O)c2ccc(F)cc2)cc1. The smallest absolute Gasteiger partial charge is 0.261 e. The lowest BCUT2D eigenvalue weighted by molar-refractivity contribution is 0.0796. The van der Waals surface area contributed by atoms with Crippen molar-refractivity contribution in [3.63, 3.8) is 0 Å². The number of anilines is 1. The van der Waals surface area contributed by atoms with Gasteiger partial charge in [0.15, 0.2) is 0 Å². The van der Waals surface area contributed by atoms with Crippen LogP contribution in [0.1, 0.15) is 16.1 Å². The minimum absolute atomic E-state index is 0.0479. The molecule has 0 unspecified atom stereocenters. The second-order valence-electron chi connectivity index (χ2n) is 6.43. The van der Waals surface area contributed by atoms with Crippen molar-refractivity contribution < 1.29 is 17.6 Å². The van der Waals surface area contributed by atoms with E-state index in [2.05, 4.69) is 9.71 Å². The average molecular weight is 413 g/mol. The summed E-state index contributed by atoms with van der Waals surface area (Å²) in [4.78, 5) is 18.3. The highest BCUT2D eigenvalue weighted by atomic mass is 32.2. The molecule has 6 nitrogen and oxygen atoms in total. The second-order valence-corrected chi connectivity index (χ2v) is 8.12. The number of pyridine rings is 1. The normalized spacial score (nSPS) is 11.1. The van der Waals surface area contributed by atoms with Crippen LogP contribution < -0.4 is 4.72 Å². The number of sulfonamides is 1. The number of nitrogens with zero attached hydrogens (tertiary/aromatic N) is 2. The predicted octanol–water partition coefficient (Wildman–Crippen LogP) is 3.34. The summed E-state index contributed by atoms with van der Waals surface area (Å²) in [6.45, 7) is 0.509. The number of hydrogen-bond acceptors (Lipinski definition) is 4. The van der Waals surface area contributed by atoms with Crippen molar-refractivity contribution in [1.82, 2.24) is 9.88 Å². The Kier molecular flexibility index (Phi) is 6.23. The molecule has 8 heteroatoms. The fraction of sp³-hybridized carbons (Fsp3) is 0.143. The van der Waals surface area contributed by atoms with Crippen molar-refractivity contribution in [2.45, 2.75) is 11.3 Å². The monoisotopic (exact) mass is 413 g/mol. The van der Waals surface area contributed by atoms with Crippen molar-refractivity contribution in [3.05, 3.63) is 90.0 Å². The molecule has 1 heterocycles. The van der Waals surface area contributed by atoms with Crippen LogP contribution >= 0.6 is 0 Å². The number of halogens is 1. The van der Waals surface area contributed by atoms with Crippen molar-refractivity contribution in [2.24, 2.45) is 0 Å². The lowest BCUT2D eigenvalue weighted by Crippen LogP contribution is -2.29. The van der Waals surface area contributed by atoms with Crippen molar-refractivity contribution in [2.75, 3.05) is 18.3 Å². The first-order chi connectivity index (χ1) is 13.8. The number of carbonyl (C=O) groups is 1. The summed E-state index contributed by atoms with van der Waals surface area (Å²) in [6, 6.07) is 16.3. The quantitative estimate of drug-likeness (QED) is 0.644. The van der Waals surface area contributed by atoms with Gasteiger partial charge in [0.1, 0.15) is 5.82 Å². The Hall–Kier alpha value is -3.26. The number of amides is 1. The van der Waals surface area contributed by atoms with Crippen molar-refractivity contribution in [1.29, 1.82) is 0 Å². The third kappa shape index (κ3) is 5.39. The molecule has 0 spiro atoms. The number of benzene rings is 2. The molecule has 0 atom stereocenters. The van der Waals surface area contributed by atoms with E-state index < -0.39 is 15.8 Å². The molecule has 0 fully saturated rings. The fourth-order valence-electron chi connectivity index (χ4n) is 2.66. The number of aromatic nitrogens is 1. The summed E-state index contributed by atoms with van der Waals surface area (Å²) in [6.07, 6.45) is 2.35. The van der Waals surface area contributed by atoms with Gasteiger partial charge in [0.05, 0.1) is 4.90 Å². The minimum Gasteiger partial charge on any atom is -0.341 e. The van der Waals surface area contributed by atoms with Crippen molar-refractivity contribution >= 4 is 21.6 Å². The van der Waals surface area contributed by atoms with Crippen LogP contribution in [0.4, 0.5) is 10.1 Å². The van der Waals surface area contributed by atoms with Crippen LogP contribution in [0, 0.1) is 5.82 Å². The zero-order chi connectivity index (χ0) is 20.9. The van der Waals surface area contributed by atoms with E-state index in [-0.39, 0.29) is 10.8 Å². The lowest BCUT2D eigenvalue weighted by atomic mass is 10.2. The third-order valence-corrected chi connectivity index (χ3v) is 5.68. The standard InChI is InChI=1S/C21H20FN3O3S/c1-25(15-13-18-4-2-3-14-23-18)21(26)16-5-9-19(10-6-16)24-29(27,28)20-11-7-17(22)8-12-20/h2-12,14,24H,13,15H2,1H3. The maximum Gasteiger partial charge on any atom is 0.261 e. The van der Waals surface area contributed by atoms with Gasteiger partial charge < -0.3 is 4.90 Å². The average Bonchev–Trinajstić information content (AvgIpc) is 2.73. The molecule has 0 radical (unpaired) electrons. The molecule has 0 aliphatic carbocycles. The number of nitrogens with one attached hydrogen (secondary N) is 1. The van der Waals surface area contributed by atoms with E-state index in [1.165, 1.54) is 24.3 Å². The van der Waals surface area contributed by atoms with Crippen LogP contribution in [0.5, 0.6) is 0 Å². The molecular formula is C21H20FN3O3S. The lowest BCUT2D eigenvalue weighted by Gasteiger charge is -2.17. The van der Waals surface area contributed by atoms with Crippen LogP contribution in [-0.4, -0.2) is 37.8 Å². The van der Waals surface area contributed by atoms with Gasteiger partial charge in [0.2, 0.25) is 0 Å². The highest BCUT2D eigenvalue weighted by molar-refractivity contribution is 7.92. The van der Waals surface area contributed by atoms with E-state index >= 15 is 0 Å². The Morgan fingerprint density at radius 2 is 1.72 bits per heavy atom. The molecule has 3 rings (SSSR count). The molecule has 0 aliphatic rings. The van der Waals surface area contributed by atoms with E-state index in [9.17, 15) is 17.6 Å². The van der Waals surface area contributed by atoms with Gasteiger partial charge in [-0.2, -0.15) is 0 Å². The number of rotatable bonds is 7. The van der Waals surface area contributed by atoms with E-state index in [1.807, 2.05) is 18.2 Å². The van der Waals surface area contributed by atoms with Gasteiger partial charge in [-0.3, -0.25) is 14.5 Å². The first kappa shape index (κ1) is 20.5. The second kappa shape index (κ2) is 8.83. The predicted molar refractivity (Wildman–Crippen MR) is 109 cm³/mol. The molecular weight excluding hydrogens is 393 g/mol. The maximum absolute atomic E-state index is 13.0. The molecule has 1 N–H and O–H groups in total. The zero-order valence-electron chi connectivity index (χ0n) is 15.7. The number of carbonyl (C=O) groups excluding carboxylic acids is 1. The van der Waals surface area contributed by atoms with Gasteiger partial charge in [0, 0.05) is 43.2 Å². The summed E-state index contributed by atoms with van der Waals surface area (Å²) >= 11 is 0. The van der Waals surface area contributed by atoms with Gasteiger partial charge in [-0.1, -0.05) is 6.07 Å². The van der Waals surface area contributed by atoms with E-state index in [4.69, 9.17) is 0 Å². The van der Waals surface area contributed by atoms with E-state index in [1.54, 1.807) is 30.3 Å². The fourth-order valence-corrected chi connectivity index (χ4v) is 3.72.